The molecule has 2 amide bonds. The lowest BCUT2D eigenvalue weighted by atomic mass is 9.95. The molecule has 3 aromatic heterocycles. The minimum atomic E-state index is -0.618. The van der Waals surface area contributed by atoms with E-state index in [2.05, 4.69) is 4.98 Å². The average molecular weight is 555 g/mol. The van der Waals surface area contributed by atoms with Crippen LogP contribution in [0.3, 0.4) is 0 Å². The second-order valence-electron chi connectivity index (χ2n) is 12.0. The third-order valence-electron chi connectivity index (χ3n) is 8.39. The van der Waals surface area contributed by atoms with E-state index in [1.165, 1.54) is 12.1 Å². The largest absolute Gasteiger partial charge is 0.474 e. The number of amides is 2. The van der Waals surface area contributed by atoms with E-state index in [0.29, 0.717) is 54.5 Å². The number of hydrogen-bond donors (Lipinski definition) is 1. The molecule has 7 rings (SSSR count). The second-order valence-corrected chi connectivity index (χ2v) is 12.0. The number of likely N-dealkylation sites (tertiary alicyclic amines) is 1. The molecular weight excluding hydrogens is 523 g/mol. The molecule has 10 heteroatoms. The molecule has 9 nitrogen and oxygen atoms in total. The molecule has 1 saturated carbocycles. The van der Waals surface area contributed by atoms with E-state index < -0.39 is 5.54 Å². The molecule has 4 aromatic rings. The van der Waals surface area contributed by atoms with E-state index >= 15 is 0 Å². The van der Waals surface area contributed by atoms with Crippen molar-refractivity contribution in [1.29, 1.82) is 0 Å². The summed E-state index contributed by atoms with van der Waals surface area (Å²) < 4.78 is 21.7. The summed E-state index contributed by atoms with van der Waals surface area (Å²) in [7, 11) is 0. The summed E-state index contributed by atoms with van der Waals surface area (Å²) >= 11 is 0. The normalized spacial score (nSPS) is 21.7. The predicted octanol–water partition coefficient (Wildman–Crippen LogP) is 3.92. The highest BCUT2D eigenvalue weighted by Gasteiger charge is 2.59. The molecule has 2 aliphatic heterocycles. The molecule has 210 valence electrons. The van der Waals surface area contributed by atoms with Gasteiger partial charge in [-0.1, -0.05) is 0 Å². The van der Waals surface area contributed by atoms with E-state index in [-0.39, 0.29) is 35.6 Å². The molecule has 1 aliphatic carbocycles. The summed E-state index contributed by atoms with van der Waals surface area (Å²) in [6.07, 6.45) is 4.13. The Morgan fingerprint density at radius 1 is 1.07 bits per heavy atom. The van der Waals surface area contributed by atoms with Gasteiger partial charge in [-0.15, -0.1) is 0 Å². The number of aryl methyl sites for hydroxylation is 1. The van der Waals surface area contributed by atoms with Gasteiger partial charge in [0.1, 0.15) is 11.9 Å². The number of ether oxygens (including phenoxy) is 1. The maximum absolute atomic E-state index is 13.6. The van der Waals surface area contributed by atoms with Crippen LogP contribution in [-0.2, 0) is 10.3 Å². The molecule has 0 radical (unpaired) electrons. The summed E-state index contributed by atoms with van der Waals surface area (Å²) in [5, 5.41) is 0. The number of hydrogen-bond acceptors (Lipinski definition) is 6. The smallest absolute Gasteiger partial charge is 0.255 e. The quantitative estimate of drug-likeness (QED) is 0.362. The highest BCUT2D eigenvalue weighted by atomic mass is 19.1. The molecule has 3 atom stereocenters. The number of pyridine rings is 2. The molecular formula is C31H31FN6O3. The maximum Gasteiger partial charge on any atom is 0.255 e. The van der Waals surface area contributed by atoms with E-state index in [0.717, 1.165) is 16.8 Å². The first-order chi connectivity index (χ1) is 19.5. The maximum atomic E-state index is 13.6. The fraction of sp³-hybridized carbons (Fsp3) is 0.355. The second kappa shape index (κ2) is 9.10. The topological polar surface area (TPSA) is 106 Å². The first kappa shape index (κ1) is 25.6. The lowest BCUT2D eigenvalue weighted by Crippen LogP contribution is -2.44. The number of carbonyl (C=O) groups is 2. The first-order valence-corrected chi connectivity index (χ1v) is 13.9. The van der Waals surface area contributed by atoms with Crippen LogP contribution < -0.4 is 15.4 Å². The van der Waals surface area contributed by atoms with Crippen molar-refractivity contribution in [3.63, 3.8) is 0 Å². The van der Waals surface area contributed by atoms with Crippen molar-refractivity contribution in [2.75, 3.05) is 24.5 Å². The van der Waals surface area contributed by atoms with Crippen LogP contribution in [0.5, 0.6) is 5.88 Å². The van der Waals surface area contributed by atoms with Crippen LogP contribution in [0.2, 0.25) is 0 Å². The minimum Gasteiger partial charge on any atom is -0.474 e. The Labute approximate surface area is 236 Å². The third kappa shape index (κ3) is 4.52. The van der Waals surface area contributed by atoms with Crippen LogP contribution in [0.1, 0.15) is 41.9 Å². The number of aromatic nitrogens is 3. The van der Waals surface area contributed by atoms with Crippen molar-refractivity contribution in [1.82, 2.24) is 19.3 Å². The number of carbonyl (C=O) groups excluding carboxylic acids is 2. The SMILES string of the molecule is Cc1cn2cc(C(=O)N3C[C@@H]4C(Oc5cc(C(C)(C)N)cc(-c6ccc(F)cc6)n5)[C@@H]4C3)cc(N3CCC3=O)c2n1. The molecule has 2 saturated heterocycles. The van der Waals surface area contributed by atoms with Gasteiger partial charge in [-0.25, -0.2) is 14.4 Å². The zero-order valence-corrected chi connectivity index (χ0v) is 23.2. The van der Waals surface area contributed by atoms with Gasteiger partial charge in [-0.05, 0) is 62.7 Å². The number of fused-ring (bicyclic) bond motifs is 2. The Morgan fingerprint density at radius 2 is 1.80 bits per heavy atom. The van der Waals surface area contributed by atoms with Gasteiger partial charge in [0, 0.05) is 67.5 Å². The summed E-state index contributed by atoms with van der Waals surface area (Å²) in [4.78, 5) is 38.6. The van der Waals surface area contributed by atoms with Gasteiger partial charge in [0.25, 0.3) is 5.91 Å². The van der Waals surface area contributed by atoms with Crippen molar-refractivity contribution in [3.8, 4) is 17.1 Å². The number of piperidine rings is 1. The highest BCUT2D eigenvalue weighted by molar-refractivity contribution is 6.04. The Kier molecular flexibility index (Phi) is 5.69. The molecule has 1 aromatic carbocycles. The van der Waals surface area contributed by atoms with Crippen LogP contribution in [0.4, 0.5) is 10.1 Å². The number of rotatable bonds is 6. The number of β-lactam (4-membered cyclic amide) rings is 1. The van der Waals surface area contributed by atoms with E-state index in [1.807, 2.05) is 48.4 Å². The standard InChI is InChI=1S/C31H31FN6O3/c1-17-13-36-14-19(10-25(29(36)34-17)38-9-8-27(38)39)30(40)37-15-22-23(16-37)28(22)41-26-12-20(31(2,3)33)11-24(35-26)18-4-6-21(32)7-5-18/h4-7,10-14,22-23,28H,8-9,15-16,33H2,1-3H3/t22-,23+,28?. The fourth-order valence-electron chi connectivity index (χ4n) is 5.93. The lowest BCUT2D eigenvalue weighted by molar-refractivity contribution is -0.122. The summed E-state index contributed by atoms with van der Waals surface area (Å²) in [5.74, 6) is 0.554. The lowest BCUT2D eigenvalue weighted by Gasteiger charge is -2.31. The van der Waals surface area contributed by atoms with Crippen LogP contribution in [-0.4, -0.2) is 56.8 Å². The molecule has 0 bridgehead atoms. The van der Waals surface area contributed by atoms with E-state index in [9.17, 15) is 14.0 Å². The Bertz CT molecular complexity index is 1700. The number of benzene rings is 1. The van der Waals surface area contributed by atoms with Gasteiger partial charge in [-0.2, -0.15) is 0 Å². The molecule has 3 fully saturated rings. The van der Waals surface area contributed by atoms with Crippen LogP contribution >= 0.6 is 0 Å². The monoisotopic (exact) mass is 554 g/mol. The third-order valence-corrected chi connectivity index (χ3v) is 8.39. The van der Waals surface area contributed by atoms with Crippen molar-refractivity contribution in [2.45, 2.75) is 38.8 Å². The van der Waals surface area contributed by atoms with Crippen LogP contribution in [0, 0.1) is 24.6 Å². The molecule has 2 N–H and O–H groups in total. The highest BCUT2D eigenvalue weighted by Crippen LogP contribution is 2.48. The number of anilines is 1. The van der Waals surface area contributed by atoms with Gasteiger partial charge in [-0.3, -0.25) is 9.59 Å². The van der Waals surface area contributed by atoms with E-state index in [1.54, 1.807) is 29.3 Å². The molecule has 41 heavy (non-hydrogen) atoms. The first-order valence-electron chi connectivity index (χ1n) is 13.9. The van der Waals surface area contributed by atoms with Crippen molar-refractivity contribution < 1.29 is 18.7 Å². The van der Waals surface area contributed by atoms with E-state index in [4.69, 9.17) is 15.5 Å². The van der Waals surface area contributed by atoms with Gasteiger partial charge in [0.15, 0.2) is 5.65 Å². The van der Waals surface area contributed by atoms with Gasteiger partial charge < -0.3 is 24.7 Å². The van der Waals surface area contributed by atoms with Gasteiger partial charge in [0.05, 0.1) is 22.6 Å². The fourth-order valence-corrected chi connectivity index (χ4v) is 5.93. The van der Waals surface area contributed by atoms with Crippen molar-refractivity contribution in [2.24, 2.45) is 17.6 Å². The summed E-state index contributed by atoms with van der Waals surface area (Å²) in [6.45, 7) is 7.53. The average Bonchev–Trinajstić information content (AvgIpc) is 3.24. The zero-order chi connectivity index (χ0) is 28.6. The Hall–Kier alpha value is -4.31. The minimum absolute atomic E-state index is 0.0397. The zero-order valence-electron chi connectivity index (χ0n) is 23.2. The molecule has 3 aliphatic rings. The van der Waals surface area contributed by atoms with Gasteiger partial charge in [0.2, 0.25) is 11.8 Å². The molecule has 5 heterocycles. The Morgan fingerprint density at radius 3 is 2.44 bits per heavy atom. The van der Waals surface area contributed by atoms with Crippen molar-refractivity contribution >= 4 is 23.1 Å². The number of nitrogens with two attached hydrogens (primary N) is 1. The molecule has 0 spiro atoms. The van der Waals surface area contributed by atoms with Crippen LogP contribution in [0.15, 0.2) is 54.9 Å². The number of imidazole rings is 1. The number of halogens is 1. The van der Waals surface area contributed by atoms with Crippen LogP contribution in [0.25, 0.3) is 16.9 Å². The summed E-state index contributed by atoms with van der Waals surface area (Å²) in [6, 6.07) is 11.8. The van der Waals surface area contributed by atoms with Gasteiger partial charge >= 0.3 is 0 Å². The molecule has 1 unspecified atom stereocenters. The summed E-state index contributed by atoms with van der Waals surface area (Å²) in [5.41, 5.74) is 10.8. The predicted molar refractivity (Wildman–Crippen MR) is 151 cm³/mol. The Balaban J connectivity index is 1.08. The number of nitrogens with zero attached hydrogens (tertiary/aromatic N) is 5. The van der Waals surface area contributed by atoms with Crippen molar-refractivity contribution in [3.05, 3.63) is 77.5 Å².